The number of aromatic nitrogens is 1. The Morgan fingerprint density at radius 2 is 2.13 bits per heavy atom. The molecule has 5 nitrogen and oxygen atoms in total. The number of anilines is 1. The molecule has 0 spiro atoms. The first-order valence-corrected chi connectivity index (χ1v) is 7.63. The van der Waals surface area contributed by atoms with Crippen LogP contribution in [0.15, 0.2) is 41.0 Å². The number of nitrogens with one attached hydrogen (secondary N) is 1. The number of carbonyl (C=O) groups excluding carboxylic acids is 2. The van der Waals surface area contributed by atoms with Crippen LogP contribution in [0.1, 0.15) is 17.3 Å². The molecular formula is C15H11BrClFN2O3. The van der Waals surface area contributed by atoms with E-state index < -0.39 is 23.8 Å². The second-order valence-electron chi connectivity index (χ2n) is 4.50. The van der Waals surface area contributed by atoms with Crippen LogP contribution in [0.25, 0.3) is 0 Å². The molecule has 0 aliphatic rings. The van der Waals surface area contributed by atoms with Gasteiger partial charge in [-0.25, -0.2) is 14.2 Å². The Morgan fingerprint density at radius 1 is 1.39 bits per heavy atom. The van der Waals surface area contributed by atoms with E-state index in [0.717, 1.165) is 6.07 Å². The van der Waals surface area contributed by atoms with Crippen molar-refractivity contribution in [3.05, 3.63) is 57.5 Å². The highest BCUT2D eigenvalue weighted by atomic mass is 79.9. The summed E-state index contributed by atoms with van der Waals surface area (Å²) in [6.45, 7) is 1.37. The molecule has 0 bridgehead atoms. The van der Waals surface area contributed by atoms with Gasteiger partial charge in [-0.3, -0.25) is 4.79 Å². The average molecular weight is 402 g/mol. The Labute approximate surface area is 144 Å². The summed E-state index contributed by atoms with van der Waals surface area (Å²) in [7, 11) is 0. The molecule has 2 rings (SSSR count). The molecule has 1 aromatic carbocycles. The van der Waals surface area contributed by atoms with Crippen LogP contribution in [-0.2, 0) is 9.53 Å². The van der Waals surface area contributed by atoms with E-state index in [9.17, 15) is 14.0 Å². The highest BCUT2D eigenvalue weighted by molar-refractivity contribution is 9.10. The van der Waals surface area contributed by atoms with E-state index in [-0.39, 0.29) is 16.4 Å². The largest absolute Gasteiger partial charge is 0.449 e. The van der Waals surface area contributed by atoms with Crippen LogP contribution in [0.3, 0.4) is 0 Å². The van der Waals surface area contributed by atoms with Gasteiger partial charge in [0, 0.05) is 10.7 Å². The van der Waals surface area contributed by atoms with Gasteiger partial charge in [0.2, 0.25) is 0 Å². The van der Waals surface area contributed by atoms with Crippen molar-refractivity contribution in [3.8, 4) is 0 Å². The smallest absolute Gasteiger partial charge is 0.341 e. The number of amides is 1. The van der Waals surface area contributed by atoms with E-state index in [1.165, 1.54) is 25.3 Å². The fourth-order valence-corrected chi connectivity index (χ4v) is 2.15. The van der Waals surface area contributed by atoms with Crippen LogP contribution in [0.2, 0.25) is 5.15 Å². The minimum Gasteiger partial charge on any atom is -0.449 e. The van der Waals surface area contributed by atoms with Gasteiger partial charge in [0.05, 0.1) is 11.3 Å². The zero-order valence-electron chi connectivity index (χ0n) is 11.8. The Bertz CT molecular complexity index is 757. The molecule has 0 aliphatic heterocycles. The lowest BCUT2D eigenvalue weighted by Gasteiger charge is -2.14. The maximum Gasteiger partial charge on any atom is 0.341 e. The lowest BCUT2D eigenvalue weighted by atomic mass is 10.2. The van der Waals surface area contributed by atoms with Crippen molar-refractivity contribution in [2.75, 3.05) is 5.32 Å². The lowest BCUT2D eigenvalue weighted by molar-refractivity contribution is -0.123. The number of hydrogen-bond donors (Lipinski definition) is 1. The number of hydrogen-bond acceptors (Lipinski definition) is 4. The number of esters is 1. The highest BCUT2D eigenvalue weighted by Gasteiger charge is 2.22. The highest BCUT2D eigenvalue weighted by Crippen LogP contribution is 2.19. The minimum absolute atomic E-state index is 0.110. The molecular weight excluding hydrogens is 391 g/mol. The molecule has 0 saturated heterocycles. The van der Waals surface area contributed by atoms with Crippen molar-refractivity contribution < 1.29 is 18.7 Å². The van der Waals surface area contributed by atoms with E-state index >= 15 is 0 Å². The normalized spacial score (nSPS) is 11.7. The van der Waals surface area contributed by atoms with Gasteiger partial charge < -0.3 is 10.1 Å². The molecule has 120 valence electrons. The molecule has 8 heteroatoms. The van der Waals surface area contributed by atoms with Crippen molar-refractivity contribution in [1.29, 1.82) is 0 Å². The van der Waals surface area contributed by atoms with Gasteiger partial charge in [-0.05, 0) is 37.3 Å². The Morgan fingerprint density at radius 3 is 2.78 bits per heavy atom. The second kappa shape index (κ2) is 7.52. The van der Waals surface area contributed by atoms with Crippen molar-refractivity contribution >= 4 is 45.1 Å². The third-order valence-electron chi connectivity index (χ3n) is 2.82. The van der Waals surface area contributed by atoms with Crippen molar-refractivity contribution in [3.63, 3.8) is 0 Å². The number of ether oxygens (including phenoxy) is 1. The molecule has 1 aromatic heterocycles. The molecule has 0 fully saturated rings. The topological polar surface area (TPSA) is 68.3 Å². The Balaban J connectivity index is 2.03. The summed E-state index contributed by atoms with van der Waals surface area (Å²) in [6, 6.07) is 7.05. The van der Waals surface area contributed by atoms with Crippen LogP contribution in [0, 0.1) is 5.82 Å². The molecule has 0 radical (unpaired) electrons. The molecule has 23 heavy (non-hydrogen) atoms. The fourth-order valence-electron chi connectivity index (χ4n) is 1.65. The Hall–Kier alpha value is -1.99. The van der Waals surface area contributed by atoms with E-state index in [1.807, 2.05) is 0 Å². The van der Waals surface area contributed by atoms with E-state index in [2.05, 4.69) is 26.2 Å². The summed E-state index contributed by atoms with van der Waals surface area (Å²) in [5.74, 6) is -2.28. The first-order chi connectivity index (χ1) is 10.9. The molecule has 1 heterocycles. The number of rotatable bonds is 4. The summed E-state index contributed by atoms with van der Waals surface area (Å²) < 4.78 is 19.1. The average Bonchev–Trinajstić information content (AvgIpc) is 2.49. The third-order valence-corrected chi connectivity index (χ3v) is 3.62. The standard InChI is InChI=1S/C15H11BrClFN2O3/c1-8(14(21)20-12-3-2-6-19-13(12)17)23-15(22)10-5-4-9(16)7-11(10)18/h2-8H,1H3,(H,20,21)/t8-/m0/s1. The van der Waals surface area contributed by atoms with Gasteiger partial charge in [0.1, 0.15) is 5.82 Å². The summed E-state index contributed by atoms with van der Waals surface area (Å²) in [5, 5.41) is 2.59. The lowest BCUT2D eigenvalue weighted by Crippen LogP contribution is -2.30. The van der Waals surface area contributed by atoms with Crippen LogP contribution in [0.4, 0.5) is 10.1 Å². The summed E-state index contributed by atoms with van der Waals surface area (Å²) >= 11 is 8.91. The second-order valence-corrected chi connectivity index (χ2v) is 5.78. The predicted molar refractivity (Wildman–Crippen MR) is 86.9 cm³/mol. The van der Waals surface area contributed by atoms with Gasteiger partial charge >= 0.3 is 5.97 Å². The number of carbonyl (C=O) groups is 2. The summed E-state index contributed by atoms with van der Waals surface area (Å²) in [5.41, 5.74) is 0.0316. The first kappa shape index (κ1) is 17.4. The predicted octanol–water partition coefficient (Wildman–Crippen LogP) is 3.82. The summed E-state index contributed by atoms with van der Waals surface area (Å²) in [6.07, 6.45) is 0.333. The van der Waals surface area contributed by atoms with E-state index in [0.29, 0.717) is 4.47 Å². The fraction of sp³-hybridized carbons (Fsp3) is 0.133. The van der Waals surface area contributed by atoms with Crippen molar-refractivity contribution in [1.82, 2.24) is 4.98 Å². The maximum atomic E-state index is 13.7. The Kier molecular flexibility index (Phi) is 5.68. The minimum atomic E-state index is -1.14. The third kappa shape index (κ3) is 4.49. The summed E-state index contributed by atoms with van der Waals surface area (Å²) in [4.78, 5) is 27.7. The van der Waals surface area contributed by atoms with Crippen LogP contribution in [-0.4, -0.2) is 23.0 Å². The van der Waals surface area contributed by atoms with Gasteiger partial charge in [-0.2, -0.15) is 0 Å². The monoisotopic (exact) mass is 400 g/mol. The molecule has 0 aliphatic carbocycles. The molecule has 2 aromatic rings. The molecule has 0 saturated carbocycles. The number of pyridine rings is 1. The van der Waals surface area contributed by atoms with Gasteiger partial charge in [-0.1, -0.05) is 27.5 Å². The number of halogens is 3. The first-order valence-electron chi connectivity index (χ1n) is 6.46. The molecule has 1 atom stereocenters. The van der Waals surface area contributed by atoms with Gasteiger partial charge in [0.25, 0.3) is 5.91 Å². The van der Waals surface area contributed by atoms with Crippen molar-refractivity contribution in [2.24, 2.45) is 0 Å². The molecule has 1 amide bonds. The van der Waals surface area contributed by atoms with Gasteiger partial charge in [0.15, 0.2) is 11.3 Å². The van der Waals surface area contributed by atoms with Crippen LogP contribution >= 0.6 is 27.5 Å². The molecule has 1 N–H and O–H groups in total. The maximum absolute atomic E-state index is 13.7. The van der Waals surface area contributed by atoms with Gasteiger partial charge in [-0.15, -0.1) is 0 Å². The van der Waals surface area contributed by atoms with Crippen molar-refractivity contribution in [2.45, 2.75) is 13.0 Å². The molecule has 0 unspecified atom stereocenters. The zero-order valence-corrected chi connectivity index (χ0v) is 14.2. The SMILES string of the molecule is C[C@H](OC(=O)c1ccc(Br)cc1F)C(=O)Nc1cccnc1Cl. The zero-order chi connectivity index (χ0) is 17.0. The van der Waals surface area contributed by atoms with E-state index in [4.69, 9.17) is 16.3 Å². The van der Waals surface area contributed by atoms with Crippen LogP contribution < -0.4 is 5.32 Å². The quantitative estimate of drug-likeness (QED) is 0.625. The number of nitrogens with zero attached hydrogens (tertiary/aromatic N) is 1. The number of benzene rings is 1. The van der Waals surface area contributed by atoms with Crippen LogP contribution in [0.5, 0.6) is 0 Å². The van der Waals surface area contributed by atoms with E-state index in [1.54, 1.807) is 12.1 Å².